The second-order valence-corrected chi connectivity index (χ2v) is 9.26. The summed E-state index contributed by atoms with van der Waals surface area (Å²) in [4.78, 5) is 13.3. The van der Waals surface area contributed by atoms with Crippen molar-refractivity contribution in [2.45, 2.75) is 15.0 Å². The number of alkyl halides is 3. The molecule has 0 aromatic carbocycles. The standard InChI is InChI=1S/C6H8Br3NO/c7-6(8,9)5(11)10-3-1-2-4-10/h1-4H2. The van der Waals surface area contributed by atoms with Crippen LogP contribution in [0.5, 0.6) is 0 Å². The first-order chi connectivity index (χ1) is 5.02. The van der Waals surface area contributed by atoms with Crippen molar-refractivity contribution in [1.82, 2.24) is 4.90 Å². The van der Waals surface area contributed by atoms with E-state index in [1.54, 1.807) is 0 Å². The predicted molar refractivity (Wildman–Crippen MR) is 55.3 cm³/mol. The molecule has 1 aliphatic rings. The summed E-state index contributed by atoms with van der Waals surface area (Å²) in [7, 11) is 0. The SMILES string of the molecule is O=C(N1CCCC1)C(Br)(Br)Br. The van der Waals surface area contributed by atoms with Gasteiger partial charge in [0, 0.05) is 13.1 Å². The fourth-order valence-corrected chi connectivity index (χ4v) is 1.85. The van der Waals surface area contributed by atoms with Crippen molar-refractivity contribution in [2.75, 3.05) is 13.1 Å². The lowest BCUT2D eigenvalue weighted by atomic mass is 10.4. The highest BCUT2D eigenvalue weighted by Gasteiger charge is 2.34. The zero-order valence-electron chi connectivity index (χ0n) is 5.82. The normalized spacial score (nSPS) is 19.0. The minimum atomic E-state index is -0.753. The molecule has 0 radical (unpaired) electrons. The highest BCUT2D eigenvalue weighted by Crippen LogP contribution is 2.36. The first-order valence-corrected chi connectivity index (χ1v) is 5.76. The van der Waals surface area contributed by atoms with Crippen molar-refractivity contribution < 1.29 is 4.79 Å². The van der Waals surface area contributed by atoms with Crippen molar-refractivity contribution in [3.8, 4) is 0 Å². The molecule has 64 valence electrons. The van der Waals surface area contributed by atoms with E-state index < -0.39 is 2.14 Å². The van der Waals surface area contributed by atoms with E-state index in [1.165, 1.54) is 0 Å². The summed E-state index contributed by atoms with van der Waals surface area (Å²) >= 11 is 9.59. The Morgan fingerprint density at radius 2 is 1.64 bits per heavy atom. The molecule has 1 aliphatic heterocycles. The van der Waals surface area contributed by atoms with Crippen LogP contribution in [0, 0.1) is 0 Å². The zero-order chi connectivity index (χ0) is 8.48. The Labute approximate surface area is 91.1 Å². The summed E-state index contributed by atoms with van der Waals surface area (Å²) in [6, 6.07) is 0. The number of likely N-dealkylation sites (tertiary alicyclic amines) is 1. The Balaban J connectivity index is 2.53. The van der Waals surface area contributed by atoms with Crippen LogP contribution in [0.1, 0.15) is 12.8 Å². The number of amides is 1. The second kappa shape index (κ2) is 3.75. The van der Waals surface area contributed by atoms with Gasteiger partial charge in [0.05, 0.1) is 0 Å². The highest BCUT2D eigenvalue weighted by molar-refractivity contribution is 9.40. The lowest BCUT2D eigenvalue weighted by molar-refractivity contribution is -0.128. The van der Waals surface area contributed by atoms with Crippen molar-refractivity contribution in [1.29, 1.82) is 0 Å². The van der Waals surface area contributed by atoms with Crippen LogP contribution >= 0.6 is 47.8 Å². The molecular weight excluding hydrogens is 342 g/mol. The molecule has 0 N–H and O–H groups in total. The van der Waals surface area contributed by atoms with Crippen LogP contribution in [0.25, 0.3) is 0 Å². The minimum Gasteiger partial charge on any atom is -0.340 e. The van der Waals surface area contributed by atoms with Crippen LogP contribution in [0.4, 0.5) is 0 Å². The van der Waals surface area contributed by atoms with Gasteiger partial charge in [-0.1, -0.05) is 0 Å². The Hall–Kier alpha value is 0.910. The average Bonchev–Trinajstić information content (AvgIpc) is 2.34. The maximum absolute atomic E-state index is 11.5. The molecular formula is C6H8Br3NO. The molecule has 5 heteroatoms. The van der Waals surface area contributed by atoms with Gasteiger partial charge in [-0.15, -0.1) is 0 Å². The fourth-order valence-electron chi connectivity index (χ4n) is 1.10. The second-order valence-electron chi connectivity index (χ2n) is 2.50. The van der Waals surface area contributed by atoms with Crippen molar-refractivity contribution >= 4 is 53.7 Å². The predicted octanol–water partition coefficient (Wildman–Crippen LogP) is 2.45. The van der Waals surface area contributed by atoms with E-state index in [4.69, 9.17) is 0 Å². The Bertz CT molecular complexity index is 160. The van der Waals surface area contributed by atoms with Crippen LogP contribution in [0.15, 0.2) is 0 Å². The topological polar surface area (TPSA) is 20.3 Å². The minimum absolute atomic E-state index is 0.0509. The number of halogens is 3. The number of carbonyl (C=O) groups is 1. The summed E-state index contributed by atoms with van der Waals surface area (Å²) in [6.07, 6.45) is 2.24. The van der Waals surface area contributed by atoms with Gasteiger partial charge in [-0.3, -0.25) is 4.79 Å². The zero-order valence-corrected chi connectivity index (χ0v) is 10.6. The maximum atomic E-state index is 11.5. The van der Waals surface area contributed by atoms with Gasteiger partial charge in [-0.05, 0) is 60.6 Å². The summed E-state index contributed by atoms with van der Waals surface area (Å²) in [5.74, 6) is 0.0509. The van der Waals surface area contributed by atoms with Crippen LogP contribution < -0.4 is 0 Å². The molecule has 2 nitrogen and oxygen atoms in total. The number of hydrogen-bond donors (Lipinski definition) is 0. The van der Waals surface area contributed by atoms with Gasteiger partial charge in [0.1, 0.15) is 0 Å². The van der Waals surface area contributed by atoms with Crippen molar-refractivity contribution in [3.05, 3.63) is 0 Å². The van der Waals surface area contributed by atoms with E-state index in [1.807, 2.05) is 4.90 Å². The fraction of sp³-hybridized carbons (Fsp3) is 0.833. The monoisotopic (exact) mass is 347 g/mol. The largest absolute Gasteiger partial charge is 0.340 e. The van der Waals surface area contributed by atoms with E-state index in [2.05, 4.69) is 47.8 Å². The van der Waals surface area contributed by atoms with Crippen LogP contribution in [-0.4, -0.2) is 26.0 Å². The third-order valence-corrected chi connectivity index (χ3v) is 2.65. The van der Waals surface area contributed by atoms with E-state index in [-0.39, 0.29) is 5.91 Å². The molecule has 0 aliphatic carbocycles. The lowest BCUT2D eigenvalue weighted by Gasteiger charge is -2.20. The average molecular weight is 350 g/mol. The van der Waals surface area contributed by atoms with E-state index in [9.17, 15) is 4.79 Å². The number of hydrogen-bond acceptors (Lipinski definition) is 1. The van der Waals surface area contributed by atoms with Gasteiger partial charge in [-0.2, -0.15) is 0 Å². The molecule has 1 fully saturated rings. The van der Waals surface area contributed by atoms with Gasteiger partial charge in [-0.25, -0.2) is 0 Å². The molecule has 0 unspecified atom stereocenters. The van der Waals surface area contributed by atoms with Crippen LogP contribution in [0.2, 0.25) is 0 Å². The molecule has 0 aromatic rings. The summed E-state index contributed by atoms with van der Waals surface area (Å²) < 4.78 is -0.753. The van der Waals surface area contributed by atoms with Gasteiger partial charge < -0.3 is 4.90 Å². The van der Waals surface area contributed by atoms with E-state index in [0.29, 0.717) is 0 Å². The Morgan fingerprint density at radius 3 is 2.00 bits per heavy atom. The van der Waals surface area contributed by atoms with E-state index >= 15 is 0 Å². The number of carbonyl (C=O) groups excluding carboxylic acids is 1. The van der Waals surface area contributed by atoms with Gasteiger partial charge in [0.2, 0.25) is 2.14 Å². The third kappa shape index (κ3) is 2.70. The van der Waals surface area contributed by atoms with Crippen molar-refractivity contribution in [3.63, 3.8) is 0 Å². The van der Waals surface area contributed by atoms with Gasteiger partial charge in [0.25, 0.3) is 5.91 Å². The number of nitrogens with zero attached hydrogens (tertiary/aromatic N) is 1. The quantitative estimate of drug-likeness (QED) is 0.615. The first kappa shape index (κ1) is 9.99. The summed E-state index contributed by atoms with van der Waals surface area (Å²) in [6.45, 7) is 1.76. The molecule has 0 spiro atoms. The Morgan fingerprint density at radius 1 is 1.18 bits per heavy atom. The summed E-state index contributed by atoms with van der Waals surface area (Å²) in [5.41, 5.74) is 0. The molecule has 1 heterocycles. The molecule has 1 saturated heterocycles. The van der Waals surface area contributed by atoms with Gasteiger partial charge >= 0.3 is 0 Å². The Kier molecular flexibility index (Phi) is 3.40. The van der Waals surface area contributed by atoms with Crippen LogP contribution in [-0.2, 0) is 4.79 Å². The maximum Gasteiger partial charge on any atom is 0.261 e. The molecule has 1 rings (SSSR count). The molecule has 1 amide bonds. The molecule has 0 bridgehead atoms. The van der Waals surface area contributed by atoms with Gasteiger partial charge in [0.15, 0.2) is 0 Å². The highest BCUT2D eigenvalue weighted by atomic mass is 80.0. The number of rotatable bonds is 0. The molecule has 0 atom stereocenters. The molecule has 0 saturated carbocycles. The first-order valence-electron chi connectivity index (χ1n) is 3.38. The lowest BCUT2D eigenvalue weighted by Crippen LogP contribution is -2.36. The third-order valence-electron chi connectivity index (χ3n) is 1.64. The van der Waals surface area contributed by atoms with Crippen molar-refractivity contribution in [2.24, 2.45) is 0 Å². The smallest absolute Gasteiger partial charge is 0.261 e. The van der Waals surface area contributed by atoms with E-state index in [0.717, 1.165) is 25.9 Å². The molecule has 11 heavy (non-hydrogen) atoms. The van der Waals surface area contributed by atoms with Crippen LogP contribution in [0.3, 0.4) is 0 Å². The molecule has 0 aromatic heterocycles. The summed E-state index contributed by atoms with van der Waals surface area (Å²) in [5, 5.41) is 0.